The van der Waals surface area contributed by atoms with Gasteiger partial charge in [-0.25, -0.2) is 4.39 Å². The molecule has 0 aliphatic rings. The number of aliphatic hydroxyl groups is 2. The number of aliphatic hydroxyl groups excluding tert-OH is 2. The number of hydrogen-bond acceptors (Lipinski definition) is 4. The number of halogens is 1. The van der Waals surface area contributed by atoms with E-state index >= 15 is 0 Å². The average Bonchev–Trinajstić information content (AvgIpc) is 2.40. The molecule has 0 bridgehead atoms. The highest BCUT2D eigenvalue weighted by Gasteiger charge is 2.42. The first-order valence-corrected chi connectivity index (χ1v) is 8.42. The Labute approximate surface area is 141 Å². The molecule has 0 saturated carbocycles. The summed E-state index contributed by atoms with van der Waals surface area (Å²) in [6, 6.07) is 0. The van der Waals surface area contributed by atoms with Gasteiger partial charge in [-0.05, 0) is 24.7 Å². The van der Waals surface area contributed by atoms with Gasteiger partial charge in [-0.3, -0.25) is 0 Å². The Hall–Kier alpha value is -0.230. The highest BCUT2D eigenvalue weighted by Crippen LogP contribution is 2.39. The lowest BCUT2D eigenvalue weighted by molar-refractivity contribution is -0.222. The summed E-state index contributed by atoms with van der Waals surface area (Å²) < 4.78 is 25.7. The highest BCUT2D eigenvalue weighted by atomic mass is 19.2. The lowest BCUT2D eigenvalue weighted by Crippen LogP contribution is -2.44. The first-order valence-electron chi connectivity index (χ1n) is 8.42. The van der Waals surface area contributed by atoms with Gasteiger partial charge in [-0.2, -0.15) is 0 Å². The lowest BCUT2D eigenvalue weighted by atomic mass is 9.77. The summed E-state index contributed by atoms with van der Waals surface area (Å²) in [4.78, 5) is 0. The molecule has 0 saturated heterocycles. The van der Waals surface area contributed by atoms with E-state index in [1.807, 2.05) is 48.5 Å². The third-order valence-corrected chi connectivity index (χ3v) is 4.97. The third kappa shape index (κ3) is 7.46. The molecular formula is C18H37FO4. The van der Waals surface area contributed by atoms with Gasteiger partial charge in [0.25, 0.3) is 0 Å². The molecule has 5 heteroatoms. The smallest absolute Gasteiger partial charge is 0.209 e. The standard InChI is InChI=1S/C18H37FO4/c1-12(20)10-22-15(21)13(2)17(7,8)11-23-18(9,19)14(3)16(4,5)6/h12-15,20-21H,10-11H2,1-9H3/t12-,13+,14+,15+,18+/m0/s1. The van der Waals surface area contributed by atoms with Gasteiger partial charge in [-0.1, -0.05) is 48.5 Å². The van der Waals surface area contributed by atoms with Crippen LogP contribution in [0.1, 0.15) is 62.3 Å². The van der Waals surface area contributed by atoms with E-state index in [9.17, 15) is 14.6 Å². The molecule has 0 amide bonds. The molecule has 0 unspecified atom stereocenters. The maximum absolute atomic E-state index is 14.9. The van der Waals surface area contributed by atoms with Crippen molar-refractivity contribution in [3.63, 3.8) is 0 Å². The number of hydrogen-bond donors (Lipinski definition) is 2. The number of rotatable bonds is 9. The second kappa shape index (κ2) is 8.24. The number of ether oxygens (including phenoxy) is 2. The van der Waals surface area contributed by atoms with Crippen LogP contribution < -0.4 is 0 Å². The quantitative estimate of drug-likeness (QED) is 0.630. The maximum Gasteiger partial charge on any atom is 0.209 e. The van der Waals surface area contributed by atoms with Crippen LogP contribution in [0.3, 0.4) is 0 Å². The molecular weight excluding hydrogens is 299 g/mol. The highest BCUT2D eigenvalue weighted by molar-refractivity contribution is 4.83. The second-order valence-electron chi connectivity index (χ2n) is 8.71. The summed E-state index contributed by atoms with van der Waals surface area (Å²) >= 11 is 0. The second-order valence-corrected chi connectivity index (χ2v) is 8.71. The van der Waals surface area contributed by atoms with E-state index in [2.05, 4.69) is 0 Å². The fourth-order valence-electron chi connectivity index (χ4n) is 2.13. The topological polar surface area (TPSA) is 58.9 Å². The summed E-state index contributed by atoms with van der Waals surface area (Å²) in [5, 5.41) is 19.3. The van der Waals surface area contributed by atoms with Crippen LogP contribution in [0.15, 0.2) is 0 Å². The van der Waals surface area contributed by atoms with Gasteiger partial charge in [0, 0.05) is 11.8 Å². The summed E-state index contributed by atoms with van der Waals surface area (Å²) in [5.41, 5.74) is -0.692. The van der Waals surface area contributed by atoms with E-state index in [1.54, 1.807) is 6.92 Å². The van der Waals surface area contributed by atoms with Gasteiger partial charge in [-0.15, -0.1) is 0 Å². The molecule has 0 fully saturated rings. The summed E-state index contributed by atoms with van der Waals surface area (Å²) in [5.74, 6) is -2.31. The summed E-state index contributed by atoms with van der Waals surface area (Å²) in [6.45, 7) is 16.7. The Morgan fingerprint density at radius 1 is 0.957 bits per heavy atom. The Bertz CT molecular complexity index is 347. The summed E-state index contributed by atoms with van der Waals surface area (Å²) in [7, 11) is 0. The lowest BCUT2D eigenvalue weighted by Gasteiger charge is -2.41. The zero-order valence-electron chi connectivity index (χ0n) is 16.3. The number of alkyl halides is 1. The monoisotopic (exact) mass is 336 g/mol. The molecule has 5 atom stereocenters. The Kier molecular flexibility index (Phi) is 8.15. The van der Waals surface area contributed by atoms with Crippen LogP contribution in [0.2, 0.25) is 0 Å². The molecule has 0 rings (SSSR count). The molecule has 2 N–H and O–H groups in total. The van der Waals surface area contributed by atoms with Gasteiger partial charge in [0.05, 0.1) is 19.3 Å². The van der Waals surface area contributed by atoms with Crippen LogP contribution in [0.4, 0.5) is 4.39 Å². The predicted molar refractivity (Wildman–Crippen MR) is 90.7 cm³/mol. The zero-order chi connectivity index (χ0) is 18.6. The van der Waals surface area contributed by atoms with Gasteiger partial charge >= 0.3 is 0 Å². The molecule has 0 heterocycles. The van der Waals surface area contributed by atoms with Gasteiger partial charge in [0.1, 0.15) is 0 Å². The van der Waals surface area contributed by atoms with Gasteiger partial charge in [0.2, 0.25) is 5.85 Å². The van der Waals surface area contributed by atoms with Crippen LogP contribution in [0, 0.1) is 22.7 Å². The molecule has 4 nitrogen and oxygen atoms in total. The van der Waals surface area contributed by atoms with Crippen molar-refractivity contribution in [2.75, 3.05) is 13.2 Å². The predicted octanol–water partition coefficient (Wildman–Crippen LogP) is 3.75. The first kappa shape index (κ1) is 22.8. The van der Waals surface area contributed by atoms with Crippen LogP contribution in [0.25, 0.3) is 0 Å². The average molecular weight is 336 g/mol. The van der Waals surface area contributed by atoms with Crippen molar-refractivity contribution in [1.29, 1.82) is 0 Å². The van der Waals surface area contributed by atoms with E-state index in [0.29, 0.717) is 0 Å². The molecule has 0 aliphatic carbocycles. The maximum atomic E-state index is 14.9. The Morgan fingerprint density at radius 3 is 1.83 bits per heavy atom. The van der Waals surface area contributed by atoms with Crippen LogP contribution >= 0.6 is 0 Å². The SMILES string of the molecule is C[C@H](O)CO[C@@H](O)[C@@H](C)C(C)(C)CO[C@@](C)(F)[C@H](C)C(C)(C)C. The van der Waals surface area contributed by atoms with Crippen LogP contribution in [-0.4, -0.2) is 41.7 Å². The molecule has 140 valence electrons. The van der Waals surface area contributed by atoms with Crippen molar-refractivity contribution in [1.82, 2.24) is 0 Å². The Morgan fingerprint density at radius 2 is 1.43 bits per heavy atom. The normalized spacial score (nSPS) is 21.4. The molecule has 0 spiro atoms. The fourth-order valence-corrected chi connectivity index (χ4v) is 2.13. The fraction of sp³-hybridized carbons (Fsp3) is 1.00. The van der Waals surface area contributed by atoms with Gasteiger partial charge < -0.3 is 19.7 Å². The first-order chi connectivity index (χ1) is 10.1. The van der Waals surface area contributed by atoms with E-state index in [-0.39, 0.29) is 30.5 Å². The van der Waals surface area contributed by atoms with Crippen LogP contribution in [-0.2, 0) is 9.47 Å². The molecule has 23 heavy (non-hydrogen) atoms. The third-order valence-electron chi connectivity index (χ3n) is 4.97. The van der Waals surface area contributed by atoms with E-state index in [4.69, 9.17) is 9.47 Å². The summed E-state index contributed by atoms with van der Waals surface area (Å²) in [6.07, 6.45) is -1.67. The zero-order valence-corrected chi connectivity index (χ0v) is 16.3. The minimum absolute atomic E-state index is 0.0598. The van der Waals surface area contributed by atoms with Crippen molar-refractivity contribution in [2.24, 2.45) is 22.7 Å². The Balaban J connectivity index is 4.73. The minimum Gasteiger partial charge on any atom is -0.391 e. The van der Waals surface area contributed by atoms with E-state index in [1.165, 1.54) is 6.92 Å². The molecule has 0 radical (unpaired) electrons. The van der Waals surface area contributed by atoms with Crippen molar-refractivity contribution < 1.29 is 24.1 Å². The van der Waals surface area contributed by atoms with E-state index < -0.39 is 23.7 Å². The molecule has 0 aromatic rings. The largest absolute Gasteiger partial charge is 0.391 e. The van der Waals surface area contributed by atoms with E-state index in [0.717, 1.165) is 0 Å². The molecule has 0 aromatic carbocycles. The molecule has 0 aliphatic heterocycles. The van der Waals surface area contributed by atoms with Crippen molar-refractivity contribution in [3.8, 4) is 0 Å². The van der Waals surface area contributed by atoms with Crippen LogP contribution in [0.5, 0.6) is 0 Å². The molecule has 0 aromatic heterocycles. The van der Waals surface area contributed by atoms with Crippen molar-refractivity contribution >= 4 is 0 Å². The van der Waals surface area contributed by atoms with Crippen molar-refractivity contribution in [3.05, 3.63) is 0 Å². The minimum atomic E-state index is -1.75. The van der Waals surface area contributed by atoms with Gasteiger partial charge in [0.15, 0.2) is 6.29 Å². The van der Waals surface area contributed by atoms with Crippen molar-refractivity contribution in [2.45, 2.75) is 80.6 Å².